The number of benzene rings is 1. The molecule has 3 rings (SSSR count). The first-order chi connectivity index (χ1) is 15.7. The number of aryl methyl sites for hydroxylation is 1. The largest absolute Gasteiger partial charge is 0.512 e. The van der Waals surface area contributed by atoms with Gasteiger partial charge < -0.3 is 14.4 Å². The first-order valence-electron chi connectivity index (χ1n) is 11.4. The Morgan fingerprint density at radius 1 is 1.24 bits per heavy atom. The van der Waals surface area contributed by atoms with Crippen LogP contribution in [0.4, 0.5) is 5.69 Å². The number of hydrogen-bond donors (Lipinski definition) is 2. The number of rotatable bonds is 10. The molecule has 1 aromatic carbocycles. The number of carbonyl (C=O) groups is 1. The predicted molar refractivity (Wildman–Crippen MR) is 126 cm³/mol. The fourth-order valence-electron chi connectivity index (χ4n) is 4.70. The minimum absolute atomic E-state index is 0.0685. The molecule has 0 radical (unpaired) electrons. The summed E-state index contributed by atoms with van der Waals surface area (Å²) in [5, 5.41) is 10.9. The second-order valence-corrected chi connectivity index (χ2v) is 10.2. The van der Waals surface area contributed by atoms with Crippen LogP contribution in [0.3, 0.4) is 0 Å². The van der Waals surface area contributed by atoms with Crippen LogP contribution in [0.1, 0.15) is 70.8 Å². The highest BCUT2D eigenvalue weighted by Gasteiger charge is 2.42. The monoisotopic (exact) mass is 475 g/mol. The Balaban J connectivity index is 1.92. The number of ether oxygens (including phenoxy) is 1. The van der Waals surface area contributed by atoms with E-state index in [4.69, 9.17) is 4.74 Å². The topological polar surface area (TPSA) is 111 Å². The maximum atomic E-state index is 13.1. The van der Waals surface area contributed by atoms with E-state index in [0.29, 0.717) is 31.4 Å². The quantitative estimate of drug-likeness (QED) is 0.477. The molecular formula is C24H33N3O5S. The second kappa shape index (κ2) is 9.99. The summed E-state index contributed by atoms with van der Waals surface area (Å²) in [5.41, 5.74) is 0.662. The number of aliphatic hydroxyl groups excluding tert-OH is 1. The molecule has 9 heteroatoms. The number of sulfonamides is 1. The molecule has 33 heavy (non-hydrogen) atoms. The number of anilines is 1. The van der Waals surface area contributed by atoms with Crippen LogP contribution in [0.5, 0.6) is 0 Å². The SMILES string of the molecule is CCCC1(CCC)CC(O)=C(C(CC)c2cccc(NS(=O)(=O)c3nccn3C)c2)C(=O)O1. The van der Waals surface area contributed by atoms with Crippen molar-refractivity contribution in [3.63, 3.8) is 0 Å². The highest BCUT2D eigenvalue weighted by Crippen LogP contribution is 2.42. The minimum Gasteiger partial charge on any atom is -0.512 e. The summed E-state index contributed by atoms with van der Waals surface area (Å²) < 4.78 is 35.3. The van der Waals surface area contributed by atoms with Crippen LogP contribution in [-0.4, -0.2) is 34.6 Å². The van der Waals surface area contributed by atoms with Crippen LogP contribution in [0.15, 0.2) is 53.1 Å². The molecule has 2 heterocycles. The van der Waals surface area contributed by atoms with Crippen LogP contribution in [0.2, 0.25) is 0 Å². The van der Waals surface area contributed by atoms with Crippen LogP contribution < -0.4 is 4.72 Å². The molecule has 0 spiro atoms. The molecule has 0 saturated heterocycles. The maximum absolute atomic E-state index is 13.1. The third-order valence-electron chi connectivity index (χ3n) is 6.06. The lowest BCUT2D eigenvalue weighted by molar-refractivity contribution is -0.161. The third-order valence-corrected chi connectivity index (χ3v) is 7.43. The molecule has 2 N–H and O–H groups in total. The van der Waals surface area contributed by atoms with Crippen molar-refractivity contribution in [2.75, 3.05) is 4.72 Å². The van der Waals surface area contributed by atoms with Crippen molar-refractivity contribution >= 4 is 21.7 Å². The number of nitrogens with one attached hydrogen (secondary N) is 1. The van der Waals surface area contributed by atoms with Gasteiger partial charge in [-0.15, -0.1) is 0 Å². The highest BCUT2D eigenvalue weighted by molar-refractivity contribution is 7.92. The van der Waals surface area contributed by atoms with Crippen LogP contribution in [-0.2, 0) is 26.6 Å². The van der Waals surface area contributed by atoms with E-state index in [-0.39, 0.29) is 16.5 Å². The number of cyclic esters (lactones) is 1. The van der Waals surface area contributed by atoms with Crippen molar-refractivity contribution in [2.24, 2.45) is 7.05 Å². The summed E-state index contributed by atoms with van der Waals surface area (Å²) in [6.45, 7) is 5.99. The zero-order chi connectivity index (χ0) is 24.2. The lowest BCUT2D eigenvalue weighted by Crippen LogP contribution is -2.41. The van der Waals surface area contributed by atoms with Crippen molar-refractivity contribution in [3.05, 3.63) is 53.6 Å². The van der Waals surface area contributed by atoms with E-state index in [1.54, 1.807) is 31.4 Å². The summed E-state index contributed by atoms with van der Waals surface area (Å²) in [4.78, 5) is 17.0. The minimum atomic E-state index is -3.88. The third kappa shape index (κ3) is 5.24. The summed E-state index contributed by atoms with van der Waals surface area (Å²) >= 11 is 0. The lowest BCUT2D eigenvalue weighted by Gasteiger charge is -2.38. The normalized spacial score (nSPS) is 17.0. The van der Waals surface area contributed by atoms with Gasteiger partial charge in [-0.05, 0) is 37.0 Å². The molecule has 1 unspecified atom stereocenters. The fourth-order valence-corrected chi connectivity index (χ4v) is 5.87. The molecule has 180 valence electrons. The molecule has 2 aromatic rings. The number of aliphatic hydroxyl groups is 1. The molecular weight excluding hydrogens is 442 g/mol. The molecule has 0 fully saturated rings. The number of imidazole rings is 1. The second-order valence-electron chi connectivity index (χ2n) is 8.62. The van der Waals surface area contributed by atoms with Crippen molar-refractivity contribution < 1.29 is 23.1 Å². The molecule has 0 saturated carbocycles. The Morgan fingerprint density at radius 3 is 2.48 bits per heavy atom. The number of esters is 1. The van der Waals surface area contributed by atoms with E-state index in [2.05, 4.69) is 9.71 Å². The van der Waals surface area contributed by atoms with Gasteiger partial charge in [0.05, 0.1) is 5.57 Å². The fraction of sp³-hybridized carbons (Fsp3) is 0.500. The summed E-state index contributed by atoms with van der Waals surface area (Å²) in [7, 11) is -2.27. The molecule has 1 aromatic heterocycles. The summed E-state index contributed by atoms with van der Waals surface area (Å²) in [5.74, 6) is -0.846. The zero-order valence-corrected chi connectivity index (χ0v) is 20.5. The Bertz CT molecular complexity index is 1130. The van der Waals surface area contributed by atoms with Gasteiger partial charge in [0.15, 0.2) is 0 Å². The first kappa shape index (κ1) is 24.8. The number of aromatic nitrogens is 2. The predicted octanol–water partition coefficient (Wildman–Crippen LogP) is 4.81. The van der Waals surface area contributed by atoms with Gasteiger partial charge in [0.25, 0.3) is 10.0 Å². The average molecular weight is 476 g/mol. The van der Waals surface area contributed by atoms with Gasteiger partial charge in [-0.1, -0.05) is 45.7 Å². The lowest BCUT2D eigenvalue weighted by atomic mass is 9.80. The van der Waals surface area contributed by atoms with Crippen LogP contribution in [0, 0.1) is 0 Å². The van der Waals surface area contributed by atoms with Gasteiger partial charge in [0, 0.05) is 37.5 Å². The Hall–Kier alpha value is -2.81. The Labute approximate surface area is 195 Å². The van der Waals surface area contributed by atoms with E-state index in [0.717, 1.165) is 18.4 Å². The average Bonchev–Trinajstić information content (AvgIpc) is 3.18. The standard InChI is InChI=1S/C24H33N3O5S/c1-5-11-24(12-6-2)16-20(28)21(22(29)32-24)19(7-3)17-9-8-10-18(15-17)26-33(30,31)23-25-13-14-27(23)4/h8-10,13-15,19,26,28H,5-7,11-12,16H2,1-4H3. The first-order valence-corrected chi connectivity index (χ1v) is 12.9. The van der Waals surface area contributed by atoms with E-state index >= 15 is 0 Å². The van der Waals surface area contributed by atoms with Crippen molar-refractivity contribution in [1.29, 1.82) is 0 Å². The molecule has 8 nitrogen and oxygen atoms in total. The van der Waals surface area contributed by atoms with Gasteiger partial charge in [0.2, 0.25) is 5.16 Å². The van der Waals surface area contributed by atoms with Gasteiger partial charge >= 0.3 is 5.97 Å². The van der Waals surface area contributed by atoms with Crippen LogP contribution in [0.25, 0.3) is 0 Å². The van der Waals surface area contributed by atoms with E-state index in [9.17, 15) is 18.3 Å². The molecule has 0 aliphatic carbocycles. The van der Waals surface area contributed by atoms with Gasteiger partial charge in [-0.3, -0.25) is 4.72 Å². The smallest absolute Gasteiger partial charge is 0.338 e. The highest BCUT2D eigenvalue weighted by atomic mass is 32.2. The molecule has 1 atom stereocenters. The van der Waals surface area contributed by atoms with E-state index in [1.165, 1.54) is 10.8 Å². The van der Waals surface area contributed by atoms with E-state index < -0.39 is 27.5 Å². The van der Waals surface area contributed by atoms with Gasteiger partial charge in [-0.2, -0.15) is 8.42 Å². The zero-order valence-electron chi connectivity index (χ0n) is 19.7. The maximum Gasteiger partial charge on any atom is 0.338 e. The Morgan fingerprint density at radius 2 is 1.94 bits per heavy atom. The van der Waals surface area contributed by atoms with Crippen molar-refractivity contribution in [3.8, 4) is 0 Å². The summed E-state index contributed by atoms with van der Waals surface area (Å²) in [6.07, 6.45) is 6.92. The van der Waals surface area contributed by atoms with Gasteiger partial charge in [0.1, 0.15) is 11.4 Å². The number of nitrogens with zero attached hydrogens (tertiary/aromatic N) is 2. The molecule has 0 bridgehead atoms. The Kier molecular flexibility index (Phi) is 7.51. The molecule has 1 aliphatic rings. The molecule has 0 amide bonds. The van der Waals surface area contributed by atoms with E-state index in [1.807, 2.05) is 26.8 Å². The van der Waals surface area contributed by atoms with Crippen LogP contribution >= 0.6 is 0 Å². The van der Waals surface area contributed by atoms with Crippen molar-refractivity contribution in [1.82, 2.24) is 9.55 Å². The number of carbonyl (C=O) groups excluding carboxylic acids is 1. The van der Waals surface area contributed by atoms with Crippen molar-refractivity contribution in [2.45, 2.75) is 76.0 Å². The molecule has 1 aliphatic heterocycles. The van der Waals surface area contributed by atoms with Gasteiger partial charge in [-0.25, -0.2) is 9.78 Å². The number of hydrogen-bond acceptors (Lipinski definition) is 6. The summed E-state index contributed by atoms with van der Waals surface area (Å²) in [6, 6.07) is 6.86.